The SMILES string of the molecule is Cc1nc(C(N)=O)nn1-c1nc(N2CCN(C(=O)OC(C)(C)C)CC2)ncc1F. The summed E-state index contributed by atoms with van der Waals surface area (Å²) in [4.78, 5) is 39.1. The minimum Gasteiger partial charge on any atom is -0.444 e. The molecule has 0 radical (unpaired) electrons. The number of primary amides is 1. The quantitative estimate of drug-likeness (QED) is 0.786. The van der Waals surface area contributed by atoms with Crippen molar-refractivity contribution in [2.75, 3.05) is 31.1 Å². The zero-order valence-electron chi connectivity index (χ0n) is 16.7. The second kappa shape index (κ2) is 7.60. The highest BCUT2D eigenvalue weighted by Crippen LogP contribution is 2.18. The number of aromatic nitrogens is 5. The van der Waals surface area contributed by atoms with Crippen LogP contribution in [0.3, 0.4) is 0 Å². The van der Waals surface area contributed by atoms with E-state index >= 15 is 0 Å². The average Bonchev–Trinajstić information content (AvgIpc) is 3.03. The number of carbonyl (C=O) groups is 2. The van der Waals surface area contributed by atoms with Crippen molar-refractivity contribution < 1.29 is 18.7 Å². The summed E-state index contributed by atoms with van der Waals surface area (Å²) in [6.07, 6.45) is 0.651. The maximum absolute atomic E-state index is 14.3. The number of anilines is 1. The Bertz CT molecular complexity index is 931. The van der Waals surface area contributed by atoms with Crippen molar-refractivity contribution in [3.63, 3.8) is 0 Å². The maximum atomic E-state index is 14.3. The molecule has 1 fully saturated rings. The molecule has 3 rings (SSSR count). The van der Waals surface area contributed by atoms with E-state index in [4.69, 9.17) is 10.5 Å². The van der Waals surface area contributed by atoms with Crippen molar-refractivity contribution in [1.29, 1.82) is 0 Å². The largest absolute Gasteiger partial charge is 0.444 e. The molecule has 29 heavy (non-hydrogen) atoms. The van der Waals surface area contributed by atoms with Crippen molar-refractivity contribution >= 4 is 17.9 Å². The van der Waals surface area contributed by atoms with Gasteiger partial charge in [-0.3, -0.25) is 4.79 Å². The van der Waals surface area contributed by atoms with Gasteiger partial charge in [-0.25, -0.2) is 19.2 Å². The summed E-state index contributed by atoms with van der Waals surface area (Å²) in [6, 6.07) is 0. The number of aryl methyl sites for hydroxylation is 1. The zero-order chi connectivity index (χ0) is 21.3. The molecule has 0 aromatic carbocycles. The lowest BCUT2D eigenvalue weighted by Crippen LogP contribution is -2.50. The Balaban J connectivity index is 1.76. The van der Waals surface area contributed by atoms with Gasteiger partial charge in [-0.15, -0.1) is 5.10 Å². The first-order valence-corrected chi connectivity index (χ1v) is 9.04. The van der Waals surface area contributed by atoms with Crippen molar-refractivity contribution in [3.8, 4) is 5.82 Å². The van der Waals surface area contributed by atoms with Gasteiger partial charge in [0.25, 0.3) is 5.91 Å². The molecule has 11 nitrogen and oxygen atoms in total. The van der Waals surface area contributed by atoms with Crippen LogP contribution >= 0.6 is 0 Å². The summed E-state index contributed by atoms with van der Waals surface area (Å²) in [5.41, 5.74) is 4.61. The van der Waals surface area contributed by atoms with Gasteiger partial charge in [-0.1, -0.05) is 0 Å². The summed E-state index contributed by atoms with van der Waals surface area (Å²) in [5.74, 6) is -1.36. The lowest BCUT2D eigenvalue weighted by Gasteiger charge is -2.35. The fourth-order valence-corrected chi connectivity index (χ4v) is 2.76. The Kier molecular flexibility index (Phi) is 5.36. The number of carbonyl (C=O) groups excluding carboxylic acids is 2. The standard InChI is InChI=1S/C17H23FN8O3/c1-10-21-13(12(19)27)23-26(10)14-11(18)9-20-15(22-14)24-5-7-25(8-6-24)16(28)29-17(2,3)4/h9H,5-8H2,1-4H3,(H2,19,27). The third kappa shape index (κ3) is 4.58. The van der Waals surface area contributed by atoms with Gasteiger partial charge in [-0.05, 0) is 27.7 Å². The van der Waals surface area contributed by atoms with Gasteiger partial charge in [0.05, 0.1) is 6.20 Å². The second-order valence-electron chi connectivity index (χ2n) is 7.55. The molecular weight excluding hydrogens is 383 g/mol. The molecular formula is C17H23FN8O3. The van der Waals surface area contributed by atoms with E-state index in [0.29, 0.717) is 26.2 Å². The summed E-state index contributed by atoms with van der Waals surface area (Å²) >= 11 is 0. The molecule has 3 heterocycles. The molecule has 2 N–H and O–H groups in total. The predicted molar refractivity (Wildman–Crippen MR) is 100 cm³/mol. The number of nitrogens with two attached hydrogens (primary N) is 1. The summed E-state index contributed by atoms with van der Waals surface area (Å²) < 4.78 is 20.8. The van der Waals surface area contributed by atoms with Crippen molar-refractivity contribution in [1.82, 2.24) is 29.6 Å². The van der Waals surface area contributed by atoms with Crippen molar-refractivity contribution in [2.24, 2.45) is 5.73 Å². The number of halogens is 1. The van der Waals surface area contributed by atoms with Gasteiger partial charge in [0.15, 0.2) is 11.6 Å². The number of piperazine rings is 1. The Hall–Kier alpha value is -3.31. The van der Waals surface area contributed by atoms with E-state index in [1.165, 1.54) is 0 Å². The molecule has 0 aliphatic carbocycles. The van der Waals surface area contributed by atoms with Crippen LogP contribution in [0.25, 0.3) is 5.82 Å². The number of hydrogen-bond donors (Lipinski definition) is 1. The Morgan fingerprint density at radius 3 is 2.38 bits per heavy atom. The molecule has 1 saturated heterocycles. The minimum absolute atomic E-state index is 0.137. The first-order chi connectivity index (χ1) is 13.5. The molecule has 2 aromatic heterocycles. The highest BCUT2D eigenvalue weighted by Gasteiger charge is 2.27. The first-order valence-electron chi connectivity index (χ1n) is 9.04. The molecule has 2 amide bonds. The highest BCUT2D eigenvalue weighted by atomic mass is 19.1. The van der Waals surface area contributed by atoms with E-state index in [-0.39, 0.29) is 29.5 Å². The molecule has 0 saturated carbocycles. The molecule has 2 aromatic rings. The number of hydrogen-bond acceptors (Lipinski definition) is 8. The third-order valence-electron chi connectivity index (χ3n) is 4.12. The number of nitrogens with zero attached hydrogens (tertiary/aromatic N) is 7. The summed E-state index contributed by atoms with van der Waals surface area (Å²) in [5, 5.41) is 3.91. The van der Waals surface area contributed by atoms with Crippen LogP contribution in [0.4, 0.5) is 15.1 Å². The lowest BCUT2D eigenvalue weighted by atomic mass is 10.2. The van der Waals surface area contributed by atoms with E-state index < -0.39 is 17.3 Å². The average molecular weight is 406 g/mol. The maximum Gasteiger partial charge on any atom is 0.410 e. The van der Waals surface area contributed by atoms with E-state index in [0.717, 1.165) is 10.9 Å². The summed E-state index contributed by atoms with van der Waals surface area (Å²) in [7, 11) is 0. The Labute approximate surface area is 166 Å². The van der Waals surface area contributed by atoms with E-state index in [9.17, 15) is 14.0 Å². The van der Waals surface area contributed by atoms with Gasteiger partial charge >= 0.3 is 6.09 Å². The fraction of sp³-hybridized carbons (Fsp3) is 0.529. The van der Waals surface area contributed by atoms with Crippen LogP contribution in [-0.2, 0) is 4.74 Å². The topological polar surface area (TPSA) is 132 Å². The van der Waals surface area contributed by atoms with Gasteiger partial charge in [-0.2, -0.15) is 9.67 Å². The Morgan fingerprint density at radius 2 is 1.83 bits per heavy atom. The Morgan fingerprint density at radius 1 is 1.17 bits per heavy atom. The van der Waals surface area contributed by atoms with Gasteiger partial charge in [0, 0.05) is 26.2 Å². The smallest absolute Gasteiger partial charge is 0.410 e. The van der Waals surface area contributed by atoms with Crippen LogP contribution in [-0.4, -0.2) is 73.4 Å². The second-order valence-corrected chi connectivity index (χ2v) is 7.55. The number of amides is 2. The third-order valence-corrected chi connectivity index (χ3v) is 4.12. The highest BCUT2D eigenvalue weighted by molar-refractivity contribution is 5.88. The van der Waals surface area contributed by atoms with E-state index in [1.807, 2.05) is 25.7 Å². The monoisotopic (exact) mass is 406 g/mol. The summed E-state index contributed by atoms with van der Waals surface area (Å²) in [6.45, 7) is 8.72. The van der Waals surface area contributed by atoms with E-state index in [2.05, 4.69) is 20.1 Å². The predicted octanol–water partition coefficient (Wildman–Crippen LogP) is 0.661. The van der Waals surface area contributed by atoms with Crippen LogP contribution in [0.2, 0.25) is 0 Å². The molecule has 1 aliphatic heterocycles. The van der Waals surface area contributed by atoms with Gasteiger partial charge in [0.1, 0.15) is 11.4 Å². The van der Waals surface area contributed by atoms with Gasteiger partial charge in [0.2, 0.25) is 11.8 Å². The molecule has 0 atom stereocenters. The number of ether oxygens (including phenoxy) is 1. The van der Waals surface area contributed by atoms with E-state index in [1.54, 1.807) is 11.8 Å². The van der Waals surface area contributed by atoms with Crippen molar-refractivity contribution in [2.45, 2.75) is 33.3 Å². The van der Waals surface area contributed by atoms with Crippen LogP contribution in [0.5, 0.6) is 0 Å². The van der Waals surface area contributed by atoms with Crippen molar-refractivity contribution in [3.05, 3.63) is 23.7 Å². The molecule has 156 valence electrons. The first kappa shape index (κ1) is 20.4. The fourth-order valence-electron chi connectivity index (χ4n) is 2.76. The van der Waals surface area contributed by atoms with Gasteiger partial charge < -0.3 is 20.3 Å². The van der Waals surface area contributed by atoms with Crippen LogP contribution in [0.1, 0.15) is 37.2 Å². The molecule has 0 unspecified atom stereocenters. The molecule has 1 aliphatic rings. The number of rotatable bonds is 3. The van der Waals surface area contributed by atoms with Crippen LogP contribution in [0, 0.1) is 12.7 Å². The normalized spacial score (nSPS) is 14.8. The zero-order valence-corrected chi connectivity index (χ0v) is 16.7. The van der Waals surface area contributed by atoms with Crippen LogP contribution < -0.4 is 10.6 Å². The molecule has 0 spiro atoms. The van der Waals surface area contributed by atoms with Crippen LogP contribution in [0.15, 0.2) is 6.20 Å². The minimum atomic E-state index is -0.820. The molecule has 0 bridgehead atoms. The lowest BCUT2D eigenvalue weighted by molar-refractivity contribution is 0.0240. The molecule has 12 heteroatoms.